The number of hydrogen-bond donors (Lipinski definition) is 3. The van der Waals surface area contributed by atoms with Crippen LogP contribution < -0.4 is 16.1 Å². The van der Waals surface area contributed by atoms with E-state index in [1.54, 1.807) is 53.4 Å². The van der Waals surface area contributed by atoms with Gasteiger partial charge < -0.3 is 10.7 Å². The molecule has 38 heavy (non-hydrogen) atoms. The van der Waals surface area contributed by atoms with Crippen LogP contribution in [0.4, 0.5) is 5.69 Å². The van der Waals surface area contributed by atoms with Crippen molar-refractivity contribution in [2.45, 2.75) is 32.7 Å². The van der Waals surface area contributed by atoms with E-state index < -0.39 is 11.9 Å². The largest absolute Gasteiger partial charge is 0.304 e. The number of benzene rings is 3. The monoisotopic (exact) mass is 550 g/mol. The summed E-state index contributed by atoms with van der Waals surface area (Å²) in [6.07, 6.45) is 3.04. The van der Waals surface area contributed by atoms with Crippen molar-refractivity contribution in [3.05, 3.63) is 105 Å². The Balaban J connectivity index is 1.89. The summed E-state index contributed by atoms with van der Waals surface area (Å²) in [5, 5.41) is 16.9. The van der Waals surface area contributed by atoms with Gasteiger partial charge in [-0.05, 0) is 59.0 Å². The maximum Gasteiger partial charge on any atom is 0.258 e. The molecule has 0 atom stereocenters. The molecule has 10 heteroatoms. The maximum atomic E-state index is 13.4. The highest BCUT2D eigenvalue weighted by Gasteiger charge is 2.18. The van der Waals surface area contributed by atoms with E-state index in [2.05, 4.69) is 36.4 Å². The van der Waals surface area contributed by atoms with Gasteiger partial charge in [-0.3, -0.25) is 20.3 Å². The van der Waals surface area contributed by atoms with E-state index in [-0.39, 0.29) is 17.9 Å². The molecule has 196 valence electrons. The lowest BCUT2D eigenvalue weighted by atomic mass is 9.87. The van der Waals surface area contributed by atoms with E-state index in [9.17, 15) is 9.59 Å². The molecule has 0 saturated carbocycles. The Labute approximate surface area is 231 Å². The molecule has 0 spiro atoms. The summed E-state index contributed by atoms with van der Waals surface area (Å²) >= 11 is 12.5. The number of carbonyl (C=O) groups excluding carboxylic acids is 2. The van der Waals surface area contributed by atoms with Crippen molar-refractivity contribution in [1.29, 1.82) is 5.41 Å². The second-order valence-electron chi connectivity index (χ2n) is 9.41. The molecule has 0 aliphatic carbocycles. The number of amides is 2. The number of anilines is 1. The molecule has 0 aliphatic rings. The summed E-state index contributed by atoms with van der Waals surface area (Å²) in [4.78, 5) is 27.3. The van der Waals surface area contributed by atoms with E-state index in [4.69, 9.17) is 34.5 Å². The highest BCUT2D eigenvalue weighted by atomic mass is 35.5. The Morgan fingerprint density at radius 3 is 2.16 bits per heavy atom. The van der Waals surface area contributed by atoms with Crippen LogP contribution in [0, 0.1) is 5.41 Å². The van der Waals surface area contributed by atoms with Crippen molar-refractivity contribution in [3.63, 3.8) is 0 Å². The molecule has 0 aromatic heterocycles. The minimum absolute atomic E-state index is 0.0354. The van der Waals surface area contributed by atoms with Crippen LogP contribution in [0.2, 0.25) is 10.0 Å². The Morgan fingerprint density at radius 1 is 1.00 bits per heavy atom. The Bertz CT molecular complexity index is 1360. The minimum Gasteiger partial charge on any atom is -0.304 e. The lowest BCUT2D eigenvalue weighted by Gasteiger charge is -2.24. The number of nitrogens with two attached hydrogens (primary N) is 1. The molecular formula is C28H28Cl2N6O2. The highest BCUT2D eigenvalue weighted by molar-refractivity contribution is 6.37. The first-order valence-electron chi connectivity index (χ1n) is 11.6. The molecule has 3 aromatic rings. The molecule has 2 amide bonds. The zero-order chi connectivity index (χ0) is 27.9. The second-order valence-corrected chi connectivity index (χ2v) is 10.2. The second kappa shape index (κ2) is 12.5. The van der Waals surface area contributed by atoms with Gasteiger partial charge in [0.05, 0.1) is 6.54 Å². The number of rotatable bonds is 6. The Morgan fingerprint density at radius 2 is 1.61 bits per heavy atom. The minimum atomic E-state index is -0.529. The lowest BCUT2D eigenvalue weighted by molar-refractivity contribution is -0.114. The summed E-state index contributed by atoms with van der Waals surface area (Å²) in [6.45, 7) is 6.62. The van der Waals surface area contributed by atoms with Gasteiger partial charge in [0.15, 0.2) is 0 Å². The van der Waals surface area contributed by atoms with Crippen molar-refractivity contribution in [3.8, 4) is 0 Å². The van der Waals surface area contributed by atoms with E-state index in [0.29, 0.717) is 26.9 Å². The molecule has 3 aromatic carbocycles. The first-order chi connectivity index (χ1) is 18.0. The standard InChI is InChI=1S/C28H28Cl2N6O2/c1-28(2,3)20-11-13-21(14-12-20)36(25(37)16-15-22-23(29)5-4-6-24(22)30)17-18-7-9-19(10-8-18)26(38)33-27(31)34-35-32/h4-16H,17H2,1-3H3,(H4,31,32,33,34,38)/b16-15+. The van der Waals surface area contributed by atoms with Crippen LogP contribution in [0.1, 0.15) is 47.8 Å². The van der Waals surface area contributed by atoms with Gasteiger partial charge in [0.2, 0.25) is 5.96 Å². The molecule has 3 rings (SSSR count). The zero-order valence-electron chi connectivity index (χ0n) is 21.2. The van der Waals surface area contributed by atoms with Crippen LogP contribution in [0.3, 0.4) is 0 Å². The van der Waals surface area contributed by atoms with Crippen molar-refractivity contribution in [1.82, 2.24) is 5.32 Å². The van der Waals surface area contributed by atoms with Gasteiger partial charge in [0.1, 0.15) is 0 Å². The first-order valence-corrected chi connectivity index (χ1v) is 12.4. The van der Waals surface area contributed by atoms with Crippen molar-refractivity contribution in [2.24, 2.45) is 16.2 Å². The fraction of sp³-hybridized carbons (Fsp3) is 0.179. The number of carbonyl (C=O) groups is 2. The number of guanidine groups is 1. The van der Waals surface area contributed by atoms with Gasteiger partial charge in [-0.15, -0.1) is 0 Å². The highest BCUT2D eigenvalue weighted by Crippen LogP contribution is 2.28. The van der Waals surface area contributed by atoms with Gasteiger partial charge in [-0.25, -0.2) is 0 Å². The molecule has 0 bridgehead atoms. The summed E-state index contributed by atoms with van der Waals surface area (Å²) in [7, 11) is 0. The smallest absolute Gasteiger partial charge is 0.258 e. The summed E-state index contributed by atoms with van der Waals surface area (Å²) in [5.74, 6) is 3.63. The number of halogens is 2. The number of nitrogens with zero attached hydrogens (tertiary/aromatic N) is 3. The van der Waals surface area contributed by atoms with Gasteiger partial charge in [0, 0.05) is 32.9 Å². The molecule has 0 unspecified atom stereocenters. The van der Waals surface area contributed by atoms with Gasteiger partial charge in [-0.2, -0.15) is 0 Å². The van der Waals surface area contributed by atoms with Crippen LogP contribution in [-0.2, 0) is 16.8 Å². The molecule has 0 saturated heterocycles. The zero-order valence-corrected chi connectivity index (χ0v) is 22.7. The van der Waals surface area contributed by atoms with Crippen LogP contribution in [0.25, 0.3) is 6.08 Å². The number of nitrogens with one attached hydrogen (secondary N) is 2. The third kappa shape index (κ3) is 7.50. The van der Waals surface area contributed by atoms with Crippen molar-refractivity contribution in [2.75, 3.05) is 4.90 Å². The quantitative estimate of drug-likeness (QED) is 0.0806. The van der Waals surface area contributed by atoms with E-state index in [0.717, 1.165) is 11.1 Å². The average molecular weight is 551 g/mol. The van der Waals surface area contributed by atoms with Crippen molar-refractivity contribution < 1.29 is 9.59 Å². The summed E-state index contributed by atoms with van der Waals surface area (Å²) < 4.78 is 0. The van der Waals surface area contributed by atoms with Crippen LogP contribution in [0.5, 0.6) is 0 Å². The lowest BCUT2D eigenvalue weighted by Crippen LogP contribution is -2.29. The van der Waals surface area contributed by atoms with Crippen LogP contribution in [0.15, 0.2) is 83.1 Å². The summed E-state index contributed by atoms with van der Waals surface area (Å²) in [6, 6.07) is 19.7. The van der Waals surface area contributed by atoms with Crippen molar-refractivity contribution >= 4 is 52.7 Å². The fourth-order valence-electron chi connectivity index (χ4n) is 3.56. The predicted molar refractivity (Wildman–Crippen MR) is 153 cm³/mol. The molecule has 8 nitrogen and oxygen atoms in total. The van der Waals surface area contributed by atoms with E-state index >= 15 is 0 Å². The normalized spacial score (nSPS) is 11.6. The third-order valence-corrected chi connectivity index (χ3v) is 6.31. The van der Waals surface area contributed by atoms with Crippen LogP contribution >= 0.6 is 23.2 Å². The topological polar surface area (TPSA) is 124 Å². The van der Waals surface area contributed by atoms with Gasteiger partial charge >= 0.3 is 0 Å². The molecule has 4 N–H and O–H groups in total. The third-order valence-electron chi connectivity index (χ3n) is 5.65. The molecule has 0 fully saturated rings. The van der Waals surface area contributed by atoms with E-state index in [1.807, 2.05) is 24.3 Å². The summed E-state index contributed by atoms with van der Waals surface area (Å²) in [5.41, 5.74) is 3.47. The maximum absolute atomic E-state index is 13.4. The number of hydrogen-bond acceptors (Lipinski definition) is 4. The molecule has 0 heterocycles. The molecular weight excluding hydrogens is 523 g/mol. The molecule has 0 radical (unpaired) electrons. The van der Waals surface area contributed by atoms with E-state index in [1.165, 1.54) is 6.08 Å². The fourth-order valence-corrected chi connectivity index (χ4v) is 4.08. The van der Waals surface area contributed by atoms with Gasteiger partial charge in [0.25, 0.3) is 11.8 Å². The SMILES string of the molecule is CC(C)(C)c1ccc(N(Cc2ccc(C(=O)NC(=N)/N=N\N)cc2)C(=O)/C=C/c2c(Cl)cccc2Cl)cc1. The van der Waals surface area contributed by atoms with Gasteiger partial charge in [-0.1, -0.05) is 84.6 Å². The Hall–Kier alpha value is -4.01. The first kappa shape index (κ1) is 28.6. The predicted octanol–water partition coefficient (Wildman–Crippen LogP) is 6.53. The van der Waals surface area contributed by atoms with Crippen LogP contribution in [-0.4, -0.2) is 17.8 Å². The average Bonchev–Trinajstić information content (AvgIpc) is 2.87. The Kier molecular flexibility index (Phi) is 9.39. The molecule has 0 aliphatic heterocycles.